The monoisotopic (exact) mass is 875 g/mol. The molecule has 350 valence electrons. The fourth-order valence-corrected chi connectivity index (χ4v) is 4.31. The number of hydrogen-bond acceptors (Lipinski definition) is 17. The predicted molar refractivity (Wildman–Crippen MR) is 218 cm³/mol. The Morgan fingerprint density at radius 1 is 0.590 bits per heavy atom. The van der Waals surface area contributed by atoms with Crippen molar-refractivity contribution in [1.29, 1.82) is 5.26 Å². The molecule has 0 aromatic heterocycles. The standard InChI is InChI=1S/C40H69N5O16/c1-7-16-59-37(49)10-19-53-24-28-57-30-26-55-22-14-43(5)35(47)32-45(34(46)9-18-52-21-13-42-39(51)61-40(2,3)4)33-36(48)44(6)15-23-56-27-31-58-29-25-54-20-11-38(50)60-17-8-12-41/h7H,1,8-11,13-33H2,2-6H3,(H,42,51). The van der Waals surface area contributed by atoms with Gasteiger partial charge in [-0.2, -0.15) is 5.26 Å². The van der Waals surface area contributed by atoms with Gasteiger partial charge >= 0.3 is 18.0 Å². The molecule has 0 aliphatic rings. The second-order valence-electron chi connectivity index (χ2n) is 13.9. The lowest BCUT2D eigenvalue weighted by Crippen LogP contribution is -2.47. The third-order valence-electron chi connectivity index (χ3n) is 7.60. The number of esters is 2. The van der Waals surface area contributed by atoms with E-state index in [1.807, 2.05) is 6.07 Å². The summed E-state index contributed by atoms with van der Waals surface area (Å²) in [6.07, 6.45) is 1.15. The third kappa shape index (κ3) is 36.0. The van der Waals surface area contributed by atoms with Crippen LogP contribution >= 0.6 is 0 Å². The van der Waals surface area contributed by atoms with E-state index in [4.69, 9.17) is 52.6 Å². The highest BCUT2D eigenvalue weighted by Crippen LogP contribution is 2.06. The number of carbonyl (C=O) groups is 6. The average molecular weight is 876 g/mol. The lowest BCUT2D eigenvalue weighted by molar-refractivity contribution is -0.145. The summed E-state index contributed by atoms with van der Waals surface area (Å²) in [5.41, 5.74) is -0.647. The minimum Gasteiger partial charge on any atom is -0.465 e. The van der Waals surface area contributed by atoms with Crippen molar-refractivity contribution in [2.24, 2.45) is 0 Å². The molecule has 0 atom stereocenters. The fraction of sp³-hybridized carbons (Fsp3) is 0.775. The maximum absolute atomic E-state index is 13.3. The van der Waals surface area contributed by atoms with Gasteiger partial charge in [-0.15, -0.1) is 0 Å². The first-order valence-corrected chi connectivity index (χ1v) is 20.3. The molecule has 0 rings (SSSR count). The molecular weight excluding hydrogens is 806 g/mol. The number of likely N-dealkylation sites (N-methyl/N-ethyl adjacent to an activating group) is 2. The molecule has 0 saturated carbocycles. The molecule has 4 amide bonds. The topological polar surface area (TPSA) is 240 Å². The van der Waals surface area contributed by atoms with Gasteiger partial charge in [-0.1, -0.05) is 12.7 Å². The van der Waals surface area contributed by atoms with E-state index in [1.54, 1.807) is 34.9 Å². The molecule has 0 unspecified atom stereocenters. The molecule has 1 N–H and O–H groups in total. The highest BCUT2D eigenvalue weighted by Gasteiger charge is 2.24. The quantitative estimate of drug-likeness (QED) is 0.0389. The van der Waals surface area contributed by atoms with Gasteiger partial charge in [0.05, 0.1) is 124 Å². The summed E-state index contributed by atoms with van der Waals surface area (Å²) >= 11 is 0. The number of nitrogens with one attached hydrogen (secondary N) is 1. The number of nitrogens with zero attached hydrogens (tertiary/aromatic N) is 4. The van der Waals surface area contributed by atoms with Crippen molar-refractivity contribution in [3.8, 4) is 6.07 Å². The molecule has 0 aromatic rings. The Bertz CT molecular complexity index is 1290. The Balaban J connectivity index is 4.67. The smallest absolute Gasteiger partial charge is 0.407 e. The lowest BCUT2D eigenvalue weighted by Gasteiger charge is -2.27. The Hall–Kier alpha value is -4.43. The number of carbonyl (C=O) groups excluding carboxylic acids is 6. The van der Waals surface area contributed by atoms with Crippen LogP contribution < -0.4 is 5.32 Å². The van der Waals surface area contributed by atoms with Crippen LogP contribution in [0.25, 0.3) is 0 Å². The van der Waals surface area contributed by atoms with Crippen molar-refractivity contribution >= 4 is 35.8 Å². The fourth-order valence-electron chi connectivity index (χ4n) is 4.31. The molecule has 0 bridgehead atoms. The van der Waals surface area contributed by atoms with Gasteiger partial charge in [-0.05, 0) is 20.8 Å². The summed E-state index contributed by atoms with van der Waals surface area (Å²) in [7, 11) is 3.13. The number of amides is 4. The number of alkyl carbamates (subject to hydrolysis) is 1. The van der Waals surface area contributed by atoms with E-state index in [2.05, 4.69) is 11.9 Å². The highest BCUT2D eigenvalue weighted by molar-refractivity contribution is 5.89. The van der Waals surface area contributed by atoms with E-state index < -0.39 is 35.4 Å². The molecule has 0 heterocycles. The van der Waals surface area contributed by atoms with Crippen LogP contribution in [0.5, 0.6) is 0 Å². The van der Waals surface area contributed by atoms with E-state index in [0.717, 1.165) is 0 Å². The Morgan fingerprint density at radius 2 is 1.02 bits per heavy atom. The number of nitriles is 1. The number of rotatable bonds is 38. The zero-order valence-electron chi connectivity index (χ0n) is 36.8. The first kappa shape index (κ1) is 56.6. The van der Waals surface area contributed by atoms with Gasteiger partial charge in [-0.3, -0.25) is 24.0 Å². The molecule has 0 aliphatic heterocycles. The first-order valence-electron chi connectivity index (χ1n) is 20.3. The molecule has 0 radical (unpaired) electrons. The number of hydrogen-bond donors (Lipinski definition) is 1. The minimum atomic E-state index is -0.647. The highest BCUT2D eigenvalue weighted by atomic mass is 16.6. The normalized spacial score (nSPS) is 11.0. The van der Waals surface area contributed by atoms with Gasteiger partial charge in [0.25, 0.3) is 0 Å². The molecular formula is C40H69N5O16. The Morgan fingerprint density at radius 3 is 1.48 bits per heavy atom. The maximum Gasteiger partial charge on any atom is 0.407 e. The molecule has 21 nitrogen and oxygen atoms in total. The van der Waals surface area contributed by atoms with Gasteiger partial charge in [-0.25, -0.2) is 4.79 Å². The summed E-state index contributed by atoms with van der Waals surface area (Å²) in [5.74, 6) is -2.08. The van der Waals surface area contributed by atoms with Crippen LogP contribution in [-0.2, 0) is 71.3 Å². The molecule has 0 aliphatic carbocycles. The van der Waals surface area contributed by atoms with Crippen LogP contribution in [0.2, 0.25) is 0 Å². The van der Waals surface area contributed by atoms with E-state index in [9.17, 15) is 28.8 Å². The first-order chi connectivity index (χ1) is 29.2. The van der Waals surface area contributed by atoms with Crippen LogP contribution in [0.3, 0.4) is 0 Å². The van der Waals surface area contributed by atoms with E-state index in [0.29, 0.717) is 19.8 Å². The van der Waals surface area contributed by atoms with E-state index >= 15 is 0 Å². The molecule has 21 heteroatoms. The van der Waals surface area contributed by atoms with Crippen molar-refractivity contribution in [2.45, 2.75) is 52.1 Å². The third-order valence-corrected chi connectivity index (χ3v) is 7.60. The van der Waals surface area contributed by atoms with Crippen molar-refractivity contribution in [1.82, 2.24) is 20.0 Å². The van der Waals surface area contributed by atoms with Crippen molar-refractivity contribution in [2.75, 3.05) is 153 Å². The minimum absolute atomic E-state index is 0.00689. The van der Waals surface area contributed by atoms with Crippen LogP contribution in [0.4, 0.5) is 4.79 Å². The Kier molecular flexibility index (Phi) is 34.6. The Labute approximate surface area is 360 Å². The molecule has 0 fully saturated rings. The van der Waals surface area contributed by atoms with Crippen LogP contribution in [0, 0.1) is 11.3 Å². The van der Waals surface area contributed by atoms with Gasteiger partial charge < -0.3 is 67.4 Å². The zero-order valence-corrected chi connectivity index (χ0v) is 36.8. The van der Waals surface area contributed by atoms with Crippen LogP contribution in [-0.4, -0.2) is 209 Å². The predicted octanol–water partition coefficient (Wildman–Crippen LogP) is 0.729. The van der Waals surface area contributed by atoms with Crippen molar-refractivity contribution < 1.29 is 76.1 Å². The van der Waals surface area contributed by atoms with Gasteiger partial charge in [0.1, 0.15) is 31.9 Å². The second-order valence-corrected chi connectivity index (χ2v) is 13.9. The van der Waals surface area contributed by atoms with Crippen LogP contribution in [0.15, 0.2) is 12.7 Å². The summed E-state index contributed by atoms with van der Waals surface area (Å²) in [5, 5.41) is 11.0. The number of ether oxygens (including phenoxy) is 10. The molecule has 0 saturated heterocycles. The average Bonchev–Trinajstić information content (AvgIpc) is 3.21. The molecule has 0 aromatic carbocycles. The summed E-state index contributed by atoms with van der Waals surface area (Å²) in [4.78, 5) is 78.2. The van der Waals surface area contributed by atoms with Gasteiger partial charge in [0, 0.05) is 33.7 Å². The summed E-state index contributed by atoms with van der Waals surface area (Å²) in [6.45, 7) is 12.0. The van der Waals surface area contributed by atoms with E-state index in [1.165, 1.54) is 20.8 Å². The van der Waals surface area contributed by atoms with Gasteiger partial charge in [0.15, 0.2) is 0 Å². The summed E-state index contributed by atoms with van der Waals surface area (Å²) < 4.78 is 53.0. The van der Waals surface area contributed by atoms with Crippen LogP contribution in [0.1, 0.15) is 46.5 Å². The SMILES string of the molecule is C=CCOC(=O)CCOCCOCCOCCN(C)C(=O)CN(CC(=O)N(C)CCOCCOCCOCCC(=O)OCCC#N)C(=O)CCOCCNC(=O)OC(C)(C)C. The van der Waals surface area contributed by atoms with Crippen molar-refractivity contribution in [3.05, 3.63) is 12.7 Å². The van der Waals surface area contributed by atoms with E-state index in [-0.39, 0.29) is 150 Å². The molecule has 0 spiro atoms. The lowest BCUT2D eigenvalue weighted by atomic mass is 10.2. The molecule has 61 heavy (non-hydrogen) atoms. The zero-order chi connectivity index (χ0) is 45.6. The largest absolute Gasteiger partial charge is 0.465 e. The summed E-state index contributed by atoms with van der Waals surface area (Å²) in [6, 6.07) is 1.89. The maximum atomic E-state index is 13.3. The van der Waals surface area contributed by atoms with Crippen molar-refractivity contribution in [3.63, 3.8) is 0 Å². The second kappa shape index (κ2) is 37.3. The van der Waals surface area contributed by atoms with Gasteiger partial charge in [0.2, 0.25) is 17.7 Å².